The van der Waals surface area contributed by atoms with Crippen LogP contribution in [-0.2, 0) is 11.3 Å². The maximum atomic E-state index is 11.9. The first-order chi connectivity index (χ1) is 10.2. The number of nitrogens with one attached hydrogen (secondary N) is 2. The van der Waals surface area contributed by atoms with E-state index >= 15 is 0 Å². The molecule has 1 fully saturated rings. The monoisotopic (exact) mass is 322 g/mol. The predicted octanol–water partition coefficient (Wildman–Crippen LogP) is 3.48. The summed E-state index contributed by atoms with van der Waals surface area (Å²) in [4.78, 5) is 13.1. The summed E-state index contributed by atoms with van der Waals surface area (Å²) in [7, 11) is 0. The van der Waals surface area contributed by atoms with Crippen LogP contribution in [0.15, 0.2) is 29.2 Å². The minimum Gasteiger partial charge on any atom is -0.358 e. The molecule has 0 saturated heterocycles. The van der Waals surface area contributed by atoms with Crippen LogP contribution in [0.2, 0.25) is 0 Å². The number of thiocarbonyl (C=S) groups is 1. The third-order valence-corrected chi connectivity index (χ3v) is 4.80. The molecule has 1 amide bonds. The lowest BCUT2D eigenvalue weighted by Gasteiger charge is -2.12. The molecular weight excluding hydrogens is 300 g/mol. The maximum absolute atomic E-state index is 11.9. The second-order valence-electron chi connectivity index (χ2n) is 5.43. The Balaban J connectivity index is 1.69. The molecule has 21 heavy (non-hydrogen) atoms. The van der Waals surface area contributed by atoms with E-state index in [1.807, 2.05) is 0 Å². The first-order valence-electron chi connectivity index (χ1n) is 7.38. The topological polar surface area (TPSA) is 41.1 Å². The van der Waals surface area contributed by atoms with Crippen molar-refractivity contribution in [2.75, 3.05) is 6.26 Å². The fourth-order valence-electron chi connectivity index (χ4n) is 2.62. The van der Waals surface area contributed by atoms with E-state index in [1.54, 1.807) is 11.8 Å². The molecule has 1 aliphatic rings. The highest BCUT2D eigenvalue weighted by Gasteiger charge is 2.18. The van der Waals surface area contributed by atoms with Gasteiger partial charge < -0.3 is 10.6 Å². The molecule has 2 rings (SSSR count). The number of benzene rings is 1. The molecule has 0 aromatic heterocycles. The lowest BCUT2D eigenvalue weighted by atomic mass is 10.0. The van der Waals surface area contributed by atoms with Gasteiger partial charge in [-0.1, -0.05) is 25.0 Å². The largest absolute Gasteiger partial charge is 0.358 e. The van der Waals surface area contributed by atoms with Crippen molar-refractivity contribution < 1.29 is 4.79 Å². The summed E-state index contributed by atoms with van der Waals surface area (Å²) in [6, 6.07) is 8.32. The molecule has 1 aliphatic carbocycles. The molecule has 0 atom stereocenters. The van der Waals surface area contributed by atoms with Crippen LogP contribution < -0.4 is 10.6 Å². The first kappa shape index (κ1) is 16.3. The summed E-state index contributed by atoms with van der Waals surface area (Å²) in [5.74, 6) is 0.587. The molecule has 1 saturated carbocycles. The zero-order valence-electron chi connectivity index (χ0n) is 12.4. The standard InChI is InChI=1S/C16H22N2OS2/c1-21-14-8-6-13(7-9-14)11-17-16(20)18-15(19)10-12-4-2-3-5-12/h6-9,12H,2-5,10-11H2,1H3,(H2,17,18,19,20). The van der Waals surface area contributed by atoms with E-state index in [0.717, 1.165) is 5.56 Å². The summed E-state index contributed by atoms with van der Waals surface area (Å²) in [5.41, 5.74) is 1.15. The third kappa shape index (κ3) is 5.67. The van der Waals surface area contributed by atoms with E-state index in [0.29, 0.717) is 24.0 Å². The van der Waals surface area contributed by atoms with Gasteiger partial charge in [-0.05, 0) is 54.9 Å². The van der Waals surface area contributed by atoms with Crippen molar-refractivity contribution in [3.63, 3.8) is 0 Å². The van der Waals surface area contributed by atoms with Crippen LogP contribution >= 0.6 is 24.0 Å². The van der Waals surface area contributed by atoms with Crippen LogP contribution in [0.25, 0.3) is 0 Å². The number of amides is 1. The van der Waals surface area contributed by atoms with Gasteiger partial charge in [-0.25, -0.2) is 0 Å². The summed E-state index contributed by atoms with van der Waals surface area (Å²) < 4.78 is 0. The minimum absolute atomic E-state index is 0.0390. The van der Waals surface area contributed by atoms with Crippen molar-refractivity contribution >= 4 is 35.0 Å². The molecule has 1 aromatic rings. The van der Waals surface area contributed by atoms with E-state index < -0.39 is 0 Å². The van der Waals surface area contributed by atoms with Crippen LogP contribution in [0.1, 0.15) is 37.7 Å². The van der Waals surface area contributed by atoms with E-state index in [9.17, 15) is 4.79 Å². The number of hydrogen-bond donors (Lipinski definition) is 2. The van der Waals surface area contributed by atoms with Gasteiger partial charge in [0.15, 0.2) is 5.11 Å². The predicted molar refractivity (Wildman–Crippen MR) is 92.4 cm³/mol. The summed E-state index contributed by atoms with van der Waals surface area (Å²) in [6.07, 6.45) is 7.52. The Kier molecular flexibility index (Phi) is 6.51. The Morgan fingerprint density at radius 2 is 1.95 bits per heavy atom. The molecule has 114 valence electrons. The normalized spacial score (nSPS) is 14.9. The number of rotatable bonds is 5. The maximum Gasteiger partial charge on any atom is 0.226 e. The highest BCUT2D eigenvalue weighted by atomic mass is 32.2. The fourth-order valence-corrected chi connectivity index (χ4v) is 3.22. The zero-order valence-corrected chi connectivity index (χ0v) is 14.0. The van der Waals surface area contributed by atoms with Crippen LogP contribution in [0, 0.1) is 5.92 Å². The van der Waals surface area contributed by atoms with Gasteiger partial charge in [0.1, 0.15) is 0 Å². The first-order valence-corrected chi connectivity index (χ1v) is 9.01. The van der Waals surface area contributed by atoms with E-state index in [2.05, 4.69) is 41.2 Å². The second kappa shape index (κ2) is 8.39. The highest BCUT2D eigenvalue weighted by molar-refractivity contribution is 7.98. The molecular formula is C16H22N2OS2. The number of hydrogen-bond acceptors (Lipinski definition) is 3. The van der Waals surface area contributed by atoms with E-state index in [1.165, 1.54) is 30.6 Å². The molecule has 0 heterocycles. The number of thioether (sulfide) groups is 1. The number of carbonyl (C=O) groups is 1. The van der Waals surface area contributed by atoms with Gasteiger partial charge >= 0.3 is 0 Å². The van der Waals surface area contributed by atoms with Crippen LogP contribution in [-0.4, -0.2) is 17.3 Å². The smallest absolute Gasteiger partial charge is 0.226 e. The average molecular weight is 322 g/mol. The van der Waals surface area contributed by atoms with Crippen molar-refractivity contribution in [3.8, 4) is 0 Å². The Bertz CT molecular complexity index is 482. The molecule has 3 nitrogen and oxygen atoms in total. The molecule has 0 radical (unpaired) electrons. The third-order valence-electron chi connectivity index (χ3n) is 3.81. The molecule has 0 unspecified atom stereocenters. The van der Waals surface area contributed by atoms with Gasteiger partial charge in [-0.2, -0.15) is 0 Å². The van der Waals surface area contributed by atoms with Crippen molar-refractivity contribution in [1.82, 2.24) is 10.6 Å². The van der Waals surface area contributed by atoms with Gasteiger partial charge in [0.25, 0.3) is 0 Å². The fraction of sp³-hybridized carbons (Fsp3) is 0.500. The quantitative estimate of drug-likeness (QED) is 0.643. The molecule has 0 spiro atoms. The van der Waals surface area contributed by atoms with Crippen molar-refractivity contribution in [2.24, 2.45) is 5.92 Å². The summed E-state index contributed by atoms with van der Waals surface area (Å²) in [5, 5.41) is 6.28. The summed E-state index contributed by atoms with van der Waals surface area (Å²) >= 11 is 6.89. The Morgan fingerprint density at radius 1 is 1.29 bits per heavy atom. The molecule has 5 heteroatoms. The van der Waals surface area contributed by atoms with Gasteiger partial charge in [-0.15, -0.1) is 11.8 Å². The minimum atomic E-state index is 0.0390. The Morgan fingerprint density at radius 3 is 2.57 bits per heavy atom. The van der Waals surface area contributed by atoms with Crippen LogP contribution in [0.3, 0.4) is 0 Å². The molecule has 0 aliphatic heterocycles. The molecule has 1 aromatic carbocycles. The Hall–Kier alpha value is -1.07. The van der Waals surface area contributed by atoms with Gasteiger partial charge in [0, 0.05) is 17.9 Å². The van der Waals surface area contributed by atoms with Gasteiger partial charge in [0.2, 0.25) is 5.91 Å². The lowest BCUT2D eigenvalue weighted by molar-refractivity contribution is -0.120. The lowest BCUT2D eigenvalue weighted by Crippen LogP contribution is -2.39. The molecule has 2 N–H and O–H groups in total. The Labute approximate surface area is 136 Å². The highest BCUT2D eigenvalue weighted by Crippen LogP contribution is 2.27. The van der Waals surface area contributed by atoms with Crippen molar-refractivity contribution in [2.45, 2.75) is 43.5 Å². The van der Waals surface area contributed by atoms with Crippen LogP contribution in [0.5, 0.6) is 0 Å². The van der Waals surface area contributed by atoms with Crippen LogP contribution in [0.4, 0.5) is 0 Å². The number of carbonyl (C=O) groups excluding carboxylic acids is 1. The van der Waals surface area contributed by atoms with Crippen molar-refractivity contribution in [1.29, 1.82) is 0 Å². The average Bonchev–Trinajstić information content (AvgIpc) is 2.98. The van der Waals surface area contributed by atoms with Crippen molar-refractivity contribution in [3.05, 3.63) is 29.8 Å². The van der Waals surface area contributed by atoms with Gasteiger partial charge in [-0.3, -0.25) is 4.79 Å². The SMILES string of the molecule is CSc1ccc(CNC(=S)NC(=O)CC2CCCC2)cc1. The van der Waals surface area contributed by atoms with Gasteiger partial charge in [0.05, 0.1) is 0 Å². The zero-order chi connectivity index (χ0) is 15.1. The van der Waals surface area contributed by atoms with E-state index in [-0.39, 0.29) is 5.91 Å². The second-order valence-corrected chi connectivity index (χ2v) is 6.72. The summed E-state index contributed by atoms with van der Waals surface area (Å²) in [6.45, 7) is 0.636. The molecule has 0 bridgehead atoms. The van der Waals surface area contributed by atoms with E-state index in [4.69, 9.17) is 12.2 Å².